The zero-order valence-electron chi connectivity index (χ0n) is 14.7. The molecule has 1 fully saturated rings. The number of aliphatic hydroxyl groups is 1. The minimum absolute atomic E-state index is 0. The Morgan fingerprint density at radius 2 is 2.04 bits per heavy atom. The number of benzene rings is 1. The number of rotatable bonds is 5. The first-order valence-electron chi connectivity index (χ1n) is 8.24. The van der Waals surface area contributed by atoms with Gasteiger partial charge in [0.1, 0.15) is 0 Å². The highest BCUT2D eigenvalue weighted by atomic mass is 35.5. The number of amides is 1. The maximum absolute atomic E-state index is 11.9. The Morgan fingerprint density at radius 1 is 1.38 bits per heavy atom. The Kier molecular flexibility index (Phi) is 8.16. The third-order valence-corrected chi connectivity index (χ3v) is 4.07. The molecule has 0 radical (unpaired) electrons. The smallest absolute Gasteiger partial charge is 0.222 e. The van der Waals surface area contributed by atoms with Gasteiger partial charge in [-0.05, 0) is 16.5 Å². The zero-order chi connectivity index (χ0) is 16.9. The Bertz CT molecular complexity index is 508. The van der Waals surface area contributed by atoms with Crippen molar-refractivity contribution < 1.29 is 14.6 Å². The lowest BCUT2D eigenvalue weighted by Gasteiger charge is -2.23. The van der Waals surface area contributed by atoms with Crippen LogP contribution >= 0.6 is 12.4 Å². The lowest BCUT2D eigenvalue weighted by Crippen LogP contribution is -2.41. The van der Waals surface area contributed by atoms with E-state index in [-0.39, 0.29) is 36.4 Å². The molecule has 2 unspecified atom stereocenters. The molecule has 1 heterocycles. The first-order valence-corrected chi connectivity index (χ1v) is 8.24. The number of carbonyl (C=O) groups excluding carboxylic acids is 1. The first kappa shape index (κ1) is 20.9. The molecule has 1 amide bonds. The summed E-state index contributed by atoms with van der Waals surface area (Å²) in [7, 11) is 0. The van der Waals surface area contributed by atoms with Crippen molar-refractivity contribution in [3.63, 3.8) is 0 Å². The van der Waals surface area contributed by atoms with E-state index < -0.39 is 6.10 Å². The first-order chi connectivity index (χ1) is 10.9. The fourth-order valence-electron chi connectivity index (χ4n) is 2.56. The van der Waals surface area contributed by atoms with Crippen LogP contribution in [0.4, 0.5) is 0 Å². The van der Waals surface area contributed by atoms with Crippen LogP contribution in [0.25, 0.3) is 0 Å². The average molecular weight is 357 g/mol. The molecule has 1 aliphatic rings. The van der Waals surface area contributed by atoms with E-state index >= 15 is 0 Å². The number of aliphatic hydroxyl groups excluding tert-OH is 1. The molecule has 1 saturated heterocycles. The second-order valence-corrected chi connectivity index (χ2v) is 7.09. The standard InChI is InChI=1S/C18H28N2O3.ClH/c1-18(2,3)14-6-4-13(5-7-14)16(21)12-20-17(22)10-15-11-19-8-9-23-15;/h4-7,15-16,19,21H,8-12H2,1-3H3,(H,20,22);1H. The highest BCUT2D eigenvalue weighted by Gasteiger charge is 2.18. The van der Waals surface area contributed by atoms with Gasteiger partial charge in [0.05, 0.1) is 25.2 Å². The third kappa shape index (κ3) is 6.40. The number of ether oxygens (including phenoxy) is 1. The van der Waals surface area contributed by atoms with Crippen molar-refractivity contribution in [2.45, 2.75) is 44.8 Å². The van der Waals surface area contributed by atoms with Gasteiger partial charge in [-0.15, -0.1) is 12.4 Å². The predicted molar refractivity (Wildman–Crippen MR) is 97.6 cm³/mol. The Balaban J connectivity index is 0.00000288. The molecule has 6 heteroatoms. The van der Waals surface area contributed by atoms with Crippen LogP contribution in [0.2, 0.25) is 0 Å². The van der Waals surface area contributed by atoms with Gasteiger partial charge >= 0.3 is 0 Å². The topological polar surface area (TPSA) is 70.6 Å². The SMILES string of the molecule is CC(C)(C)c1ccc(C(O)CNC(=O)CC2CNCCO2)cc1.Cl. The van der Waals surface area contributed by atoms with Crippen LogP contribution in [0, 0.1) is 0 Å². The Labute approximate surface area is 150 Å². The Hall–Kier alpha value is -1.14. The van der Waals surface area contributed by atoms with Crippen LogP contribution in [0.1, 0.15) is 44.4 Å². The number of hydrogen-bond acceptors (Lipinski definition) is 4. The lowest BCUT2D eigenvalue weighted by molar-refractivity contribution is -0.124. The molecule has 24 heavy (non-hydrogen) atoms. The number of morpholine rings is 1. The van der Waals surface area contributed by atoms with Crippen LogP contribution in [0.5, 0.6) is 0 Å². The van der Waals surface area contributed by atoms with Crippen molar-refractivity contribution in [2.24, 2.45) is 0 Å². The van der Waals surface area contributed by atoms with Gasteiger partial charge in [-0.2, -0.15) is 0 Å². The monoisotopic (exact) mass is 356 g/mol. The normalized spacial score (nSPS) is 19.2. The summed E-state index contributed by atoms with van der Waals surface area (Å²) >= 11 is 0. The highest BCUT2D eigenvalue weighted by molar-refractivity contribution is 5.85. The number of hydrogen-bond donors (Lipinski definition) is 3. The van der Waals surface area contributed by atoms with Gasteiger partial charge in [0.25, 0.3) is 0 Å². The van der Waals surface area contributed by atoms with Crippen molar-refractivity contribution >= 4 is 18.3 Å². The maximum atomic E-state index is 11.9. The summed E-state index contributed by atoms with van der Waals surface area (Å²) in [4.78, 5) is 11.9. The van der Waals surface area contributed by atoms with Gasteiger partial charge < -0.3 is 20.5 Å². The van der Waals surface area contributed by atoms with E-state index in [9.17, 15) is 9.90 Å². The second kappa shape index (κ2) is 9.37. The van der Waals surface area contributed by atoms with Gasteiger partial charge in [0.15, 0.2) is 0 Å². The highest BCUT2D eigenvalue weighted by Crippen LogP contribution is 2.23. The van der Waals surface area contributed by atoms with Gasteiger partial charge in [0.2, 0.25) is 5.91 Å². The van der Waals surface area contributed by atoms with Crippen molar-refractivity contribution in [3.8, 4) is 0 Å². The van der Waals surface area contributed by atoms with Crippen molar-refractivity contribution in [2.75, 3.05) is 26.2 Å². The van der Waals surface area contributed by atoms with Crippen molar-refractivity contribution in [1.29, 1.82) is 0 Å². The van der Waals surface area contributed by atoms with Crippen LogP contribution < -0.4 is 10.6 Å². The lowest BCUT2D eigenvalue weighted by atomic mass is 9.86. The number of halogens is 1. The summed E-state index contributed by atoms with van der Waals surface area (Å²) in [5.74, 6) is -0.0935. The summed E-state index contributed by atoms with van der Waals surface area (Å²) in [5.41, 5.74) is 2.12. The van der Waals surface area contributed by atoms with Crippen LogP contribution in [0.15, 0.2) is 24.3 Å². The molecule has 1 aliphatic heterocycles. The molecular weight excluding hydrogens is 328 g/mol. The van der Waals surface area contributed by atoms with Gasteiger partial charge in [-0.3, -0.25) is 4.79 Å². The largest absolute Gasteiger partial charge is 0.387 e. The number of nitrogens with one attached hydrogen (secondary N) is 2. The number of carbonyl (C=O) groups is 1. The molecule has 0 bridgehead atoms. The molecule has 0 saturated carbocycles. The fourth-order valence-corrected chi connectivity index (χ4v) is 2.56. The minimum Gasteiger partial charge on any atom is -0.387 e. The molecular formula is C18H29ClN2O3. The van der Waals surface area contributed by atoms with Crippen LogP contribution in [0.3, 0.4) is 0 Å². The quantitative estimate of drug-likeness (QED) is 0.754. The summed E-state index contributed by atoms with van der Waals surface area (Å²) in [6.07, 6.45) is -0.451. The molecule has 136 valence electrons. The van der Waals surface area contributed by atoms with Gasteiger partial charge in [-0.25, -0.2) is 0 Å². The molecule has 1 aromatic carbocycles. The summed E-state index contributed by atoms with van der Waals surface area (Å²) in [6.45, 7) is 8.85. The van der Waals surface area contributed by atoms with Gasteiger partial charge in [-0.1, -0.05) is 45.0 Å². The minimum atomic E-state index is -0.696. The van der Waals surface area contributed by atoms with E-state index in [0.29, 0.717) is 19.6 Å². The third-order valence-electron chi connectivity index (χ3n) is 4.07. The average Bonchev–Trinajstić information content (AvgIpc) is 2.53. The summed E-state index contributed by atoms with van der Waals surface area (Å²) in [6, 6.07) is 7.90. The van der Waals surface area contributed by atoms with E-state index in [0.717, 1.165) is 12.1 Å². The molecule has 1 aromatic rings. The van der Waals surface area contributed by atoms with Crippen molar-refractivity contribution in [3.05, 3.63) is 35.4 Å². The molecule has 5 nitrogen and oxygen atoms in total. The summed E-state index contributed by atoms with van der Waals surface area (Å²) in [5, 5.41) is 16.2. The summed E-state index contributed by atoms with van der Waals surface area (Å²) < 4.78 is 5.50. The van der Waals surface area contributed by atoms with E-state index in [1.54, 1.807) is 0 Å². The molecule has 2 rings (SSSR count). The molecule has 0 aromatic heterocycles. The fraction of sp³-hybridized carbons (Fsp3) is 0.611. The van der Waals surface area contributed by atoms with Gasteiger partial charge in [0, 0.05) is 19.6 Å². The van der Waals surface area contributed by atoms with E-state index in [1.807, 2.05) is 24.3 Å². The van der Waals surface area contributed by atoms with E-state index in [2.05, 4.69) is 31.4 Å². The molecule has 3 N–H and O–H groups in total. The predicted octanol–water partition coefficient (Wildman–Crippen LogP) is 1.93. The van der Waals surface area contributed by atoms with E-state index in [4.69, 9.17) is 4.74 Å². The molecule has 0 spiro atoms. The molecule has 0 aliphatic carbocycles. The molecule has 2 atom stereocenters. The Morgan fingerprint density at radius 3 is 2.58 bits per heavy atom. The van der Waals surface area contributed by atoms with E-state index in [1.165, 1.54) is 5.56 Å². The second-order valence-electron chi connectivity index (χ2n) is 7.09. The van der Waals surface area contributed by atoms with Crippen molar-refractivity contribution in [1.82, 2.24) is 10.6 Å². The zero-order valence-corrected chi connectivity index (χ0v) is 15.5. The van der Waals surface area contributed by atoms with Crippen LogP contribution in [-0.4, -0.2) is 43.4 Å². The maximum Gasteiger partial charge on any atom is 0.222 e. The van der Waals surface area contributed by atoms with Crippen LogP contribution in [-0.2, 0) is 14.9 Å².